The van der Waals surface area contributed by atoms with Gasteiger partial charge < -0.3 is 24.5 Å². The van der Waals surface area contributed by atoms with Crippen LogP contribution < -0.4 is 20.4 Å². The van der Waals surface area contributed by atoms with Gasteiger partial charge in [0.1, 0.15) is 12.1 Å². The summed E-state index contributed by atoms with van der Waals surface area (Å²) in [6.07, 6.45) is 0.969. The van der Waals surface area contributed by atoms with Gasteiger partial charge in [0.25, 0.3) is 17.7 Å². The normalized spacial score (nSPS) is 24.3. The van der Waals surface area contributed by atoms with Gasteiger partial charge in [-0.05, 0) is 68.9 Å². The van der Waals surface area contributed by atoms with Crippen LogP contribution in [-0.2, 0) is 25.7 Å². The Morgan fingerprint density at radius 3 is 1.59 bits per heavy atom. The number of hydrogen-bond donors (Lipinski definition) is 2. The van der Waals surface area contributed by atoms with E-state index in [0.29, 0.717) is 29.7 Å². The minimum absolute atomic E-state index is 0.116. The predicted octanol–water partition coefficient (Wildman–Crippen LogP) is 0.0390. The molecule has 15 heteroatoms. The number of fused-ring (bicyclic) bond motifs is 2. The van der Waals surface area contributed by atoms with Crippen molar-refractivity contribution < 1.29 is 33.6 Å². The van der Waals surface area contributed by atoms with Crippen LogP contribution in [0.4, 0.5) is 11.4 Å². The van der Waals surface area contributed by atoms with Crippen LogP contribution in [0.3, 0.4) is 0 Å². The van der Waals surface area contributed by atoms with Gasteiger partial charge in [-0.2, -0.15) is 0 Å². The van der Waals surface area contributed by atoms with E-state index >= 15 is 0 Å². The summed E-state index contributed by atoms with van der Waals surface area (Å²) >= 11 is 0. The van der Waals surface area contributed by atoms with Gasteiger partial charge in [0.15, 0.2) is 0 Å². The van der Waals surface area contributed by atoms with Crippen LogP contribution in [-0.4, -0.2) is 139 Å². The van der Waals surface area contributed by atoms with Crippen LogP contribution in [0, 0.1) is 0 Å². The van der Waals surface area contributed by atoms with Gasteiger partial charge in [-0.1, -0.05) is 0 Å². The first kappa shape index (κ1) is 34.3. The number of amides is 7. The van der Waals surface area contributed by atoms with Crippen LogP contribution in [0.5, 0.6) is 0 Å². The zero-order valence-electron chi connectivity index (χ0n) is 28.9. The number of piperidine rings is 2. The van der Waals surface area contributed by atoms with E-state index < -0.39 is 29.8 Å². The number of rotatable bonds is 4. The fourth-order valence-electron chi connectivity index (χ4n) is 7.54. The number of hydrogen-bond acceptors (Lipinski definition) is 11. The first-order chi connectivity index (χ1) is 24.5. The van der Waals surface area contributed by atoms with Crippen LogP contribution in [0.25, 0.3) is 0 Å². The maximum Gasteiger partial charge on any atom is 0.262 e. The zero-order chi connectivity index (χ0) is 36.0. The standard InChI is InChI=1S/C18H20N4O4.C18H22N4O3/c1-20-6-8-21(9-7-20)11-2-3-12-13(10-11)18(26)22(17(12)25)14-4-5-15(23)19-16(14)24;1-20-6-8-21(9-7-20)13-2-3-14-12(10-13)11-22(18(14)25)15-4-5-16(23)19-17(15)24/h2-3,10,14H,4-9H2,1H3,(H,19,23,24);2-3,10,15H,4-9,11H2,1H3,(H,19,23,24). The molecule has 0 saturated carbocycles. The number of carbonyl (C=O) groups excluding carboxylic acids is 7. The SMILES string of the molecule is CN1CCN(c2ccc3c(c2)C(=O)N(C2CCC(=O)NC2=O)C3=O)CC1.CN1CCN(c2ccc3c(c2)CN(C2CCC(=O)NC2=O)C3=O)CC1. The lowest BCUT2D eigenvalue weighted by molar-refractivity contribution is -0.138. The van der Waals surface area contributed by atoms with E-state index in [4.69, 9.17) is 0 Å². The Bertz CT molecular complexity index is 1810. The molecule has 4 fully saturated rings. The molecule has 2 atom stereocenters. The van der Waals surface area contributed by atoms with Crippen molar-refractivity contribution in [1.82, 2.24) is 30.2 Å². The summed E-state index contributed by atoms with van der Waals surface area (Å²) in [5.41, 5.74) is 4.32. The van der Waals surface area contributed by atoms with E-state index in [0.717, 1.165) is 74.2 Å². The third kappa shape index (κ3) is 6.70. The molecule has 6 heterocycles. The molecule has 6 aliphatic rings. The lowest BCUT2D eigenvalue weighted by Crippen LogP contribution is -2.54. The van der Waals surface area contributed by atoms with E-state index in [1.807, 2.05) is 18.2 Å². The number of imide groups is 3. The minimum Gasteiger partial charge on any atom is -0.369 e. The Hall–Kier alpha value is -5.15. The van der Waals surface area contributed by atoms with Crippen LogP contribution in [0.2, 0.25) is 0 Å². The van der Waals surface area contributed by atoms with Crippen molar-refractivity contribution >= 4 is 52.7 Å². The molecule has 7 amide bonds. The largest absolute Gasteiger partial charge is 0.369 e. The van der Waals surface area contributed by atoms with E-state index in [1.54, 1.807) is 17.0 Å². The molecule has 0 bridgehead atoms. The van der Waals surface area contributed by atoms with Gasteiger partial charge in [-0.25, -0.2) is 0 Å². The Balaban J connectivity index is 0.000000159. The summed E-state index contributed by atoms with van der Waals surface area (Å²) in [6, 6.07) is 9.72. The molecule has 4 saturated heterocycles. The number of nitrogens with zero attached hydrogens (tertiary/aromatic N) is 6. The van der Waals surface area contributed by atoms with Crippen molar-refractivity contribution in [2.45, 2.75) is 44.3 Å². The molecule has 51 heavy (non-hydrogen) atoms. The Morgan fingerprint density at radius 1 is 0.549 bits per heavy atom. The van der Waals surface area contributed by atoms with E-state index in [1.165, 1.54) is 0 Å². The number of nitrogens with one attached hydrogen (secondary N) is 2. The monoisotopic (exact) mass is 698 g/mol. The first-order valence-corrected chi connectivity index (χ1v) is 17.5. The van der Waals surface area contributed by atoms with Crippen molar-refractivity contribution in [1.29, 1.82) is 0 Å². The van der Waals surface area contributed by atoms with Crippen molar-refractivity contribution in [2.24, 2.45) is 0 Å². The third-order valence-corrected chi connectivity index (χ3v) is 10.7. The molecule has 0 aromatic heterocycles. The zero-order valence-corrected chi connectivity index (χ0v) is 28.9. The maximum absolute atomic E-state index is 12.8. The molecule has 15 nitrogen and oxygen atoms in total. The average molecular weight is 699 g/mol. The maximum atomic E-state index is 12.8. The average Bonchev–Trinajstić information content (AvgIpc) is 3.57. The van der Waals surface area contributed by atoms with Crippen molar-refractivity contribution in [3.63, 3.8) is 0 Å². The Labute approximate surface area is 295 Å². The molecule has 8 rings (SSSR count). The number of anilines is 2. The molecule has 268 valence electrons. The molecule has 0 spiro atoms. The molecular weight excluding hydrogens is 656 g/mol. The predicted molar refractivity (Wildman–Crippen MR) is 185 cm³/mol. The second-order valence-electron chi connectivity index (χ2n) is 14.0. The van der Waals surface area contributed by atoms with Crippen LogP contribution in [0.15, 0.2) is 36.4 Å². The number of benzene rings is 2. The van der Waals surface area contributed by atoms with E-state index in [9.17, 15) is 33.6 Å². The van der Waals surface area contributed by atoms with Crippen molar-refractivity contribution in [2.75, 3.05) is 76.3 Å². The quantitative estimate of drug-likeness (QED) is 0.415. The number of carbonyl (C=O) groups is 7. The molecule has 2 unspecified atom stereocenters. The lowest BCUT2D eigenvalue weighted by Gasteiger charge is -2.34. The van der Waals surface area contributed by atoms with Gasteiger partial charge in [-0.3, -0.25) is 49.1 Å². The van der Waals surface area contributed by atoms with Gasteiger partial charge >= 0.3 is 0 Å². The fraction of sp³-hybridized carbons (Fsp3) is 0.472. The van der Waals surface area contributed by atoms with Crippen LogP contribution in [0.1, 0.15) is 62.3 Å². The molecular formula is C36H42N8O7. The first-order valence-electron chi connectivity index (χ1n) is 17.5. The van der Waals surface area contributed by atoms with Crippen molar-refractivity contribution in [3.8, 4) is 0 Å². The molecule has 6 aliphatic heterocycles. The summed E-state index contributed by atoms with van der Waals surface area (Å²) in [4.78, 5) is 96.7. The number of likely N-dealkylation sites (N-methyl/N-ethyl adjacent to an activating group) is 2. The van der Waals surface area contributed by atoms with E-state index in [2.05, 4.69) is 50.4 Å². The Morgan fingerprint density at radius 2 is 1.04 bits per heavy atom. The Kier molecular flexibility index (Phi) is 9.33. The summed E-state index contributed by atoms with van der Waals surface area (Å²) in [7, 11) is 4.19. The highest BCUT2D eigenvalue weighted by molar-refractivity contribution is 6.23. The number of piperazine rings is 2. The topological polar surface area (TPSA) is 163 Å². The second-order valence-corrected chi connectivity index (χ2v) is 14.0. The molecule has 2 aromatic carbocycles. The molecule has 0 aliphatic carbocycles. The summed E-state index contributed by atoms with van der Waals surface area (Å²) in [5.74, 6) is -2.64. The lowest BCUT2D eigenvalue weighted by atomic mass is 10.0. The smallest absolute Gasteiger partial charge is 0.262 e. The minimum atomic E-state index is -0.924. The summed E-state index contributed by atoms with van der Waals surface area (Å²) in [5, 5.41) is 4.54. The van der Waals surface area contributed by atoms with Crippen LogP contribution >= 0.6 is 0 Å². The van der Waals surface area contributed by atoms with Gasteiger partial charge in [0, 0.05) is 88.7 Å². The van der Waals surface area contributed by atoms with Gasteiger partial charge in [-0.15, -0.1) is 0 Å². The molecule has 0 radical (unpaired) electrons. The third-order valence-electron chi connectivity index (χ3n) is 10.7. The fourth-order valence-corrected chi connectivity index (χ4v) is 7.54. The second kappa shape index (κ2) is 13.9. The summed E-state index contributed by atoms with van der Waals surface area (Å²) < 4.78 is 0. The highest BCUT2D eigenvalue weighted by Gasteiger charge is 2.45. The van der Waals surface area contributed by atoms with Gasteiger partial charge in [0.2, 0.25) is 23.6 Å². The van der Waals surface area contributed by atoms with E-state index in [-0.39, 0.29) is 42.9 Å². The van der Waals surface area contributed by atoms with Gasteiger partial charge in [0.05, 0.1) is 11.1 Å². The highest BCUT2D eigenvalue weighted by Crippen LogP contribution is 2.32. The highest BCUT2D eigenvalue weighted by atomic mass is 16.2. The van der Waals surface area contributed by atoms with Crippen molar-refractivity contribution in [3.05, 3.63) is 58.7 Å². The molecule has 2 aromatic rings. The molecule has 2 N–H and O–H groups in total. The summed E-state index contributed by atoms with van der Waals surface area (Å²) in [6.45, 7) is 8.01.